The summed E-state index contributed by atoms with van der Waals surface area (Å²) in [6.45, 7) is -3.48. The zero-order valence-electron chi connectivity index (χ0n) is 24.5. The first-order chi connectivity index (χ1) is 21.7. The molecule has 0 aromatic rings. The zero-order chi connectivity index (χ0) is 36.0. The molecule has 14 N–H and O–H groups in total. The largest absolute Gasteiger partial charge is 0.477 e. The van der Waals surface area contributed by atoms with E-state index in [0.29, 0.717) is 0 Å². The van der Waals surface area contributed by atoms with E-state index in [1.54, 1.807) is 0 Å². The van der Waals surface area contributed by atoms with Gasteiger partial charge in [0.15, 0.2) is 6.29 Å². The Balaban J connectivity index is 2.38. The molecule has 0 bridgehead atoms. The van der Waals surface area contributed by atoms with E-state index < -0.39 is 146 Å². The van der Waals surface area contributed by atoms with Crippen molar-refractivity contribution in [2.75, 3.05) is 26.4 Å². The van der Waals surface area contributed by atoms with Crippen LogP contribution in [0.5, 0.6) is 0 Å². The Hall–Kier alpha value is -1.79. The smallest absolute Gasteiger partial charge is 0.397 e. The van der Waals surface area contributed by atoms with Gasteiger partial charge in [-0.2, -0.15) is 8.42 Å². The van der Waals surface area contributed by atoms with E-state index in [2.05, 4.69) is 9.50 Å². The molecule has 47 heavy (non-hydrogen) atoms. The number of amides is 1. The fourth-order valence-corrected chi connectivity index (χ4v) is 5.37. The van der Waals surface area contributed by atoms with Gasteiger partial charge in [0.1, 0.15) is 67.1 Å². The number of nitrogens with one attached hydrogen (secondary N) is 1. The second kappa shape index (κ2) is 17.2. The summed E-state index contributed by atoms with van der Waals surface area (Å²) in [7, 11) is -5.34. The van der Waals surface area contributed by atoms with E-state index in [1.165, 1.54) is 0 Å². The lowest BCUT2D eigenvalue weighted by molar-refractivity contribution is -0.335. The van der Waals surface area contributed by atoms with Crippen molar-refractivity contribution in [2.24, 2.45) is 0 Å². The summed E-state index contributed by atoms with van der Waals surface area (Å²) in [4.78, 5) is 24.0. The quantitative estimate of drug-likeness (QED) is 0.0621. The average Bonchev–Trinajstić information content (AvgIpc) is 3.00. The molecule has 276 valence electrons. The van der Waals surface area contributed by atoms with Crippen LogP contribution in [-0.2, 0) is 43.1 Å². The van der Waals surface area contributed by atoms with E-state index >= 15 is 0 Å². The van der Waals surface area contributed by atoms with E-state index in [1.807, 2.05) is 0 Å². The zero-order valence-corrected chi connectivity index (χ0v) is 25.3. The molecule has 23 nitrogen and oxygen atoms in total. The predicted octanol–water partition coefficient (Wildman–Crippen LogP) is -8.76. The first kappa shape index (κ1) is 41.4. The standard InChI is InChI=1S/C23H41NO22S/c1-7(28)24-8(3-25)18(44-21-17(36)20(46-47(39,40)41)16(35)12(5-27)43-21)15(34)11(31)6-42-23(22(37)38)2-9(29)13(32)19(45-23)14(33)10(30)4-26/h8-21,25-27,29-36H,2-6H2,1H3,(H,24,28)(H,37,38)(H,39,40,41)/t8-,9-,10+,11+,12+,13+,14+,15-,16-,17+,18+,19+,20-,21-,23+/m0/s1. The summed E-state index contributed by atoms with van der Waals surface area (Å²) < 4.78 is 56.9. The number of hydrogen-bond donors (Lipinski definition) is 14. The number of carboxylic acid groups (broad SMARTS) is 1. The maximum Gasteiger partial charge on any atom is 0.397 e. The number of aliphatic hydroxyl groups is 11. The van der Waals surface area contributed by atoms with Crippen LogP contribution in [0.4, 0.5) is 0 Å². The van der Waals surface area contributed by atoms with Crippen molar-refractivity contribution in [3.8, 4) is 0 Å². The number of carbonyl (C=O) groups excluding carboxylic acids is 1. The van der Waals surface area contributed by atoms with Crippen LogP contribution in [-0.4, -0.2) is 204 Å². The van der Waals surface area contributed by atoms with Crippen LogP contribution >= 0.6 is 0 Å². The Labute approximate surface area is 266 Å². The Kier molecular flexibility index (Phi) is 15.2. The van der Waals surface area contributed by atoms with Crippen molar-refractivity contribution in [1.82, 2.24) is 5.32 Å². The summed E-state index contributed by atoms with van der Waals surface area (Å²) in [5.74, 6) is -5.81. The maximum atomic E-state index is 12.2. The molecule has 2 heterocycles. The van der Waals surface area contributed by atoms with Gasteiger partial charge in [-0.05, 0) is 0 Å². The second-order valence-electron chi connectivity index (χ2n) is 10.8. The summed E-state index contributed by atoms with van der Waals surface area (Å²) in [6, 6.07) is -1.69. The minimum Gasteiger partial charge on any atom is -0.477 e. The highest BCUT2D eigenvalue weighted by Gasteiger charge is 2.56. The Morgan fingerprint density at radius 1 is 0.979 bits per heavy atom. The van der Waals surface area contributed by atoms with Gasteiger partial charge < -0.3 is 85.5 Å². The molecule has 2 rings (SSSR count). The number of aliphatic hydroxyl groups excluding tert-OH is 11. The number of carboxylic acids is 1. The molecule has 0 unspecified atom stereocenters. The van der Waals surface area contributed by atoms with Gasteiger partial charge in [-0.3, -0.25) is 9.35 Å². The Morgan fingerprint density at radius 3 is 2.09 bits per heavy atom. The molecule has 0 aliphatic carbocycles. The fourth-order valence-electron chi connectivity index (χ4n) is 4.86. The topological polar surface area (TPSA) is 389 Å². The molecule has 2 fully saturated rings. The average molecular weight is 716 g/mol. The highest BCUT2D eigenvalue weighted by atomic mass is 32.3. The molecular weight excluding hydrogens is 674 g/mol. The maximum absolute atomic E-state index is 12.2. The fraction of sp³-hybridized carbons (Fsp3) is 0.913. The third-order valence-corrected chi connectivity index (χ3v) is 7.79. The van der Waals surface area contributed by atoms with Gasteiger partial charge in [0.25, 0.3) is 5.79 Å². The van der Waals surface area contributed by atoms with Crippen LogP contribution in [0.15, 0.2) is 0 Å². The molecule has 2 aliphatic heterocycles. The van der Waals surface area contributed by atoms with Crippen molar-refractivity contribution in [3.05, 3.63) is 0 Å². The number of ether oxygens (including phenoxy) is 4. The van der Waals surface area contributed by atoms with Crippen LogP contribution in [0.2, 0.25) is 0 Å². The molecular formula is C23H41NO22S. The minimum absolute atomic E-state index is 0.848. The van der Waals surface area contributed by atoms with E-state index in [-0.39, 0.29) is 0 Å². The van der Waals surface area contributed by atoms with E-state index in [4.69, 9.17) is 28.6 Å². The molecule has 0 radical (unpaired) electrons. The molecule has 1 amide bonds. The van der Waals surface area contributed by atoms with Crippen molar-refractivity contribution >= 4 is 22.3 Å². The van der Waals surface area contributed by atoms with Crippen molar-refractivity contribution < 1.29 is 107 Å². The van der Waals surface area contributed by atoms with Crippen LogP contribution in [0.3, 0.4) is 0 Å². The molecule has 0 spiro atoms. The minimum atomic E-state index is -5.34. The molecule has 0 saturated carbocycles. The van der Waals surface area contributed by atoms with Gasteiger partial charge in [0.2, 0.25) is 5.91 Å². The lowest BCUT2D eigenvalue weighted by atomic mass is 9.90. The highest BCUT2D eigenvalue weighted by molar-refractivity contribution is 7.80. The summed E-state index contributed by atoms with van der Waals surface area (Å²) in [6.07, 6.45) is -28.6. The highest BCUT2D eigenvalue weighted by Crippen LogP contribution is 2.34. The number of carbonyl (C=O) groups is 2. The summed E-state index contributed by atoms with van der Waals surface area (Å²) in [5.41, 5.74) is 0. The van der Waals surface area contributed by atoms with Crippen molar-refractivity contribution in [2.45, 2.75) is 105 Å². The Bertz CT molecular complexity index is 1130. The van der Waals surface area contributed by atoms with Crippen LogP contribution < -0.4 is 5.32 Å². The third kappa shape index (κ3) is 10.4. The monoisotopic (exact) mass is 715 g/mol. The van der Waals surface area contributed by atoms with Crippen LogP contribution in [0.25, 0.3) is 0 Å². The van der Waals surface area contributed by atoms with Gasteiger partial charge in [0.05, 0.1) is 38.6 Å². The Morgan fingerprint density at radius 2 is 1.60 bits per heavy atom. The van der Waals surface area contributed by atoms with Gasteiger partial charge in [-0.15, -0.1) is 0 Å². The van der Waals surface area contributed by atoms with Crippen molar-refractivity contribution in [1.29, 1.82) is 0 Å². The van der Waals surface area contributed by atoms with Gasteiger partial charge in [0, 0.05) is 13.3 Å². The van der Waals surface area contributed by atoms with Crippen LogP contribution in [0, 0.1) is 0 Å². The molecule has 0 aromatic carbocycles. The van der Waals surface area contributed by atoms with E-state index in [0.717, 1.165) is 6.92 Å². The molecule has 15 atom stereocenters. The number of aliphatic carboxylic acids is 1. The summed E-state index contributed by atoms with van der Waals surface area (Å²) in [5, 5.41) is 124. The first-order valence-corrected chi connectivity index (χ1v) is 15.2. The SMILES string of the molecule is CC(=O)N[C@@H](CO)[C@@H](O[C@@H]1O[C@H](CO)[C@H](O)[C@H](OS(=O)(=O)O)[C@H]1O)[C@@H](O)[C@H](O)CO[C@]1(C(=O)O)C[C@H](O)[C@@H](O)[C@H]([C@H](O)[C@H](O)CO)O1. The summed E-state index contributed by atoms with van der Waals surface area (Å²) >= 11 is 0. The van der Waals surface area contributed by atoms with Crippen molar-refractivity contribution in [3.63, 3.8) is 0 Å². The van der Waals surface area contributed by atoms with Crippen LogP contribution in [0.1, 0.15) is 13.3 Å². The van der Waals surface area contributed by atoms with Gasteiger partial charge in [-0.25, -0.2) is 8.98 Å². The second-order valence-corrected chi connectivity index (χ2v) is 11.8. The van der Waals surface area contributed by atoms with E-state index in [9.17, 15) is 74.2 Å². The lowest BCUT2D eigenvalue weighted by Gasteiger charge is -2.45. The van der Waals surface area contributed by atoms with Gasteiger partial charge >= 0.3 is 16.4 Å². The molecule has 0 aromatic heterocycles. The third-order valence-electron chi connectivity index (χ3n) is 7.32. The first-order valence-electron chi connectivity index (χ1n) is 13.8. The molecule has 2 saturated heterocycles. The number of hydrogen-bond acceptors (Lipinski definition) is 20. The normalized spacial score (nSPS) is 35.7. The predicted molar refractivity (Wildman–Crippen MR) is 143 cm³/mol. The molecule has 24 heteroatoms. The number of rotatable bonds is 17. The molecule has 2 aliphatic rings. The lowest BCUT2D eigenvalue weighted by Crippen LogP contribution is -2.65. The van der Waals surface area contributed by atoms with Gasteiger partial charge in [-0.1, -0.05) is 0 Å².